The predicted molar refractivity (Wildman–Crippen MR) is 167 cm³/mol. The molecule has 1 aromatic rings. The van der Waals surface area contributed by atoms with Crippen molar-refractivity contribution in [3.8, 4) is 5.75 Å². The van der Waals surface area contributed by atoms with Gasteiger partial charge in [0.25, 0.3) is 0 Å². The Hall–Kier alpha value is -2.03. The summed E-state index contributed by atoms with van der Waals surface area (Å²) in [4.78, 5) is 12.9. The van der Waals surface area contributed by atoms with Gasteiger partial charge >= 0.3 is 5.97 Å². The van der Waals surface area contributed by atoms with Crippen LogP contribution in [0.2, 0.25) is 0 Å². The monoisotopic (exact) mass is 558 g/mol. The molecule has 0 aliphatic heterocycles. The molecule has 3 nitrogen and oxygen atoms in total. The molecular weight excluding hydrogens is 504 g/mol. The van der Waals surface area contributed by atoms with Crippen molar-refractivity contribution in [2.45, 2.75) is 119 Å². The second-order valence-corrected chi connectivity index (χ2v) is 16.6. The summed E-state index contributed by atoms with van der Waals surface area (Å²) < 4.78 is 6.11. The highest BCUT2D eigenvalue weighted by molar-refractivity contribution is 5.87. The number of esters is 1. The molecule has 41 heavy (non-hydrogen) atoms. The highest BCUT2D eigenvalue weighted by Gasteiger charge is 2.62. The molecule has 3 heteroatoms. The van der Waals surface area contributed by atoms with Crippen LogP contribution in [0.5, 0.6) is 5.75 Å². The average Bonchev–Trinajstić information content (AvgIpc) is 2.91. The molecule has 5 aliphatic carbocycles. The van der Waals surface area contributed by atoms with Gasteiger partial charge in [-0.25, -0.2) is 4.79 Å². The molecule has 0 spiro atoms. The summed E-state index contributed by atoms with van der Waals surface area (Å²) in [6, 6.07) is 5.48. The first-order valence-electron chi connectivity index (χ1n) is 16.6. The van der Waals surface area contributed by atoms with E-state index < -0.39 is 0 Å². The molecule has 0 aromatic heterocycles. The van der Waals surface area contributed by atoms with E-state index in [2.05, 4.69) is 47.6 Å². The zero-order chi connectivity index (χ0) is 29.4. The van der Waals surface area contributed by atoms with Crippen LogP contribution in [0.1, 0.15) is 117 Å². The highest BCUT2D eigenvalue weighted by atomic mass is 16.5. The number of allylic oxidation sites excluding steroid dienone is 2. The molecule has 8 unspecified atom stereocenters. The molecule has 4 fully saturated rings. The molecule has 4 saturated carbocycles. The van der Waals surface area contributed by atoms with Gasteiger partial charge < -0.3 is 9.84 Å². The normalized spacial score (nSPS) is 43.2. The first-order chi connectivity index (χ1) is 19.3. The molecule has 5 aliphatic rings. The summed E-state index contributed by atoms with van der Waals surface area (Å²) in [5, 5.41) is 9.99. The molecule has 0 heterocycles. The number of phenols is 1. The maximum atomic E-state index is 12.9. The Kier molecular flexibility index (Phi) is 7.10. The molecule has 1 N–H and O–H groups in total. The van der Waals surface area contributed by atoms with Gasteiger partial charge in [-0.3, -0.25) is 0 Å². The number of carbonyl (C=O) groups excluding carboxylic acids is 1. The fraction of sp³-hybridized carbons (Fsp3) is 0.711. The number of benzene rings is 1. The first-order valence-corrected chi connectivity index (χ1v) is 16.6. The van der Waals surface area contributed by atoms with E-state index >= 15 is 0 Å². The quantitative estimate of drug-likeness (QED) is 0.228. The number of aromatic hydroxyl groups is 1. The summed E-state index contributed by atoms with van der Waals surface area (Å²) in [5.74, 6) is 3.21. The first kappa shape index (κ1) is 29.1. The second kappa shape index (κ2) is 10.0. The van der Waals surface area contributed by atoms with Crippen molar-refractivity contribution in [3.05, 3.63) is 47.1 Å². The van der Waals surface area contributed by atoms with Crippen LogP contribution in [-0.2, 0) is 9.53 Å². The Morgan fingerprint density at radius 3 is 2.46 bits per heavy atom. The number of carbonyl (C=O) groups is 1. The lowest BCUT2D eigenvalue weighted by molar-refractivity contribution is -0.174. The van der Waals surface area contributed by atoms with Crippen molar-refractivity contribution in [2.75, 3.05) is 0 Å². The fourth-order valence-electron chi connectivity index (χ4n) is 11.0. The summed E-state index contributed by atoms with van der Waals surface area (Å²) in [6.45, 7) is 17.1. The van der Waals surface area contributed by atoms with E-state index in [-0.39, 0.29) is 17.8 Å². The number of fused-ring (bicyclic) bond motifs is 7. The third kappa shape index (κ3) is 4.82. The van der Waals surface area contributed by atoms with Crippen LogP contribution in [0.25, 0.3) is 6.08 Å². The molecule has 1 aromatic carbocycles. The van der Waals surface area contributed by atoms with E-state index in [0.717, 1.165) is 41.7 Å². The minimum Gasteiger partial charge on any atom is -0.508 e. The number of hydrogen-bond acceptors (Lipinski definition) is 3. The summed E-state index contributed by atoms with van der Waals surface area (Å²) in [6.07, 6.45) is 18.9. The van der Waals surface area contributed by atoms with Crippen LogP contribution >= 0.6 is 0 Å². The van der Waals surface area contributed by atoms with E-state index in [4.69, 9.17) is 4.74 Å². The van der Waals surface area contributed by atoms with Crippen LogP contribution < -0.4 is 0 Å². The molecule has 0 saturated heterocycles. The number of phenolic OH excluding ortho intramolecular Hbond substituents is 1. The van der Waals surface area contributed by atoms with E-state index in [9.17, 15) is 9.90 Å². The van der Waals surface area contributed by atoms with Gasteiger partial charge in [-0.1, -0.05) is 65.3 Å². The summed E-state index contributed by atoms with van der Waals surface area (Å²) in [5.41, 5.74) is 5.17. The van der Waals surface area contributed by atoms with Crippen molar-refractivity contribution in [1.82, 2.24) is 0 Å². The van der Waals surface area contributed by atoms with Gasteiger partial charge in [-0.15, -0.1) is 0 Å². The van der Waals surface area contributed by atoms with Crippen LogP contribution in [0.3, 0.4) is 0 Å². The second-order valence-electron chi connectivity index (χ2n) is 16.6. The van der Waals surface area contributed by atoms with Gasteiger partial charge in [0.1, 0.15) is 11.9 Å². The zero-order valence-electron chi connectivity index (χ0n) is 26.8. The third-order valence-electron chi connectivity index (χ3n) is 13.7. The Bertz CT molecular complexity index is 1260. The molecule has 9 atom stereocenters. The largest absolute Gasteiger partial charge is 0.508 e. The minimum absolute atomic E-state index is 0.0180. The Balaban J connectivity index is 1.18. The van der Waals surface area contributed by atoms with Crippen LogP contribution in [-0.4, -0.2) is 17.2 Å². The van der Waals surface area contributed by atoms with E-state index in [0.29, 0.717) is 33.5 Å². The number of rotatable bonds is 3. The molecule has 0 radical (unpaired) electrons. The number of ether oxygens (including phenoxy) is 1. The molecule has 224 valence electrons. The topological polar surface area (TPSA) is 46.5 Å². The Labute approximate surface area is 249 Å². The number of hydrogen-bond donors (Lipinski definition) is 1. The van der Waals surface area contributed by atoms with Crippen LogP contribution in [0, 0.1) is 58.2 Å². The SMILES string of the molecule is Cc1ccc(/C=C/C(=O)OC2CCC3(C)C(CCC4(C)C5CCC6(C)CCC(C)(C)CC6C5=CC[C@@H]43)C2C)cc1O. The van der Waals surface area contributed by atoms with Gasteiger partial charge in [-0.05, 0) is 146 Å². The van der Waals surface area contributed by atoms with Crippen molar-refractivity contribution in [3.63, 3.8) is 0 Å². The molecule has 6 rings (SSSR count). The predicted octanol–water partition coefficient (Wildman–Crippen LogP) is 9.67. The summed E-state index contributed by atoms with van der Waals surface area (Å²) >= 11 is 0. The van der Waals surface area contributed by atoms with Gasteiger partial charge in [-0.2, -0.15) is 0 Å². The van der Waals surface area contributed by atoms with E-state index in [1.54, 1.807) is 12.1 Å². The standard InChI is InChI=1S/C38H54O3/c1-24-8-9-26(22-31(24)39)10-13-34(40)41-32-16-19-37(6)28(25(32)2)15-18-38(7)29-14-17-36(5)21-20-35(3,4)23-30(36)27(29)11-12-33(37)38/h8-11,13,22,25,28-30,32-33,39H,12,14-21,23H2,1-7H3/b13-10+/t25?,28?,29?,30?,32?,33-,36?,37?,38?/m1/s1. The lowest BCUT2D eigenvalue weighted by Gasteiger charge is -2.66. The summed E-state index contributed by atoms with van der Waals surface area (Å²) in [7, 11) is 0. The lowest BCUT2D eigenvalue weighted by atomic mass is 9.38. The van der Waals surface area contributed by atoms with Crippen molar-refractivity contribution in [1.29, 1.82) is 0 Å². The van der Waals surface area contributed by atoms with Gasteiger partial charge in [0.15, 0.2) is 0 Å². The van der Waals surface area contributed by atoms with Crippen LogP contribution in [0.15, 0.2) is 35.9 Å². The highest BCUT2D eigenvalue weighted by Crippen LogP contribution is 2.70. The average molecular weight is 559 g/mol. The van der Waals surface area contributed by atoms with Crippen molar-refractivity contribution < 1.29 is 14.6 Å². The maximum absolute atomic E-state index is 12.9. The number of aryl methyl sites for hydroxylation is 1. The Morgan fingerprint density at radius 1 is 0.951 bits per heavy atom. The van der Waals surface area contributed by atoms with Crippen LogP contribution in [0.4, 0.5) is 0 Å². The van der Waals surface area contributed by atoms with E-state index in [1.807, 2.05) is 24.6 Å². The zero-order valence-corrected chi connectivity index (χ0v) is 26.8. The van der Waals surface area contributed by atoms with Gasteiger partial charge in [0.2, 0.25) is 0 Å². The maximum Gasteiger partial charge on any atom is 0.331 e. The Morgan fingerprint density at radius 2 is 1.71 bits per heavy atom. The minimum atomic E-state index is -0.267. The van der Waals surface area contributed by atoms with Crippen molar-refractivity contribution >= 4 is 12.0 Å². The fourth-order valence-corrected chi connectivity index (χ4v) is 11.0. The van der Waals surface area contributed by atoms with Gasteiger partial charge in [0.05, 0.1) is 0 Å². The molecular formula is C38H54O3. The van der Waals surface area contributed by atoms with Crippen molar-refractivity contribution in [2.24, 2.45) is 51.2 Å². The third-order valence-corrected chi connectivity index (χ3v) is 13.7. The molecule has 0 amide bonds. The lowest BCUT2D eigenvalue weighted by Crippen LogP contribution is -2.59. The van der Waals surface area contributed by atoms with Gasteiger partial charge in [0, 0.05) is 6.08 Å². The smallest absolute Gasteiger partial charge is 0.331 e. The van der Waals surface area contributed by atoms with E-state index in [1.165, 1.54) is 57.4 Å². The molecule has 0 bridgehead atoms.